The number of nitrogens with zero attached hydrogens (tertiary/aromatic N) is 12. The van der Waals surface area contributed by atoms with Crippen LogP contribution in [0.1, 0.15) is 349 Å². The number of carbonyl (C=O) groups excluding carboxylic acids is 8. The molecule has 0 aromatic carbocycles. The van der Waals surface area contributed by atoms with Gasteiger partial charge in [-0.3, -0.25) is 38.4 Å². The van der Waals surface area contributed by atoms with Crippen LogP contribution in [0.5, 0.6) is 0 Å². The molecule has 0 aliphatic carbocycles. The minimum Gasteiger partial charge on any atom is -0.465 e. The Morgan fingerprint density at radius 2 is 0.446 bits per heavy atom. The molecule has 0 saturated carbocycles. The highest BCUT2D eigenvalue weighted by molar-refractivity contribution is 5.76. The van der Waals surface area contributed by atoms with Gasteiger partial charge in [0.15, 0.2) is 0 Å². The molecular formula is C116H252N12O20. The first kappa shape index (κ1) is 168. The number of esters is 8. The van der Waals surface area contributed by atoms with Crippen molar-refractivity contribution < 1.29 is 95.2 Å². The van der Waals surface area contributed by atoms with E-state index in [0.717, 1.165) is 221 Å². The van der Waals surface area contributed by atoms with Gasteiger partial charge in [-0.2, -0.15) is 0 Å². The van der Waals surface area contributed by atoms with E-state index in [1.54, 1.807) is 0 Å². The average molecular weight is 2140 g/mol. The van der Waals surface area contributed by atoms with Crippen molar-refractivity contribution in [2.45, 2.75) is 396 Å². The fourth-order valence-electron chi connectivity index (χ4n) is 9.13. The normalized spacial score (nSPS) is 12.7. The van der Waals surface area contributed by atoms with E-state index in [0.29, 0.717) is 64.3 Å². The Morgan fingerprint density at radius 1 is 0.216 bits per heavy atom. The van der Waals surface area contributed by atoms with E-state index in [1.807, 2.05) is 271 Å². The summed E-state index contributed by atoms with van der Waals surface area (Å²) >= 11 is 0. The third kappa shape index (κ3) is 143. The van der Waals surface area contributed by atoms with Gasteiger partial charge in [0.05, 0.1) is 97.6 Å². The second-order valence-electron chi connectivity index (χ2n) is 45.2. The van der Waals surface area contributed by atoms with E-state index in [4.69, 9.17) is 56.8 Å². The van der Waals surface area contributed by atoms with E-state index in [-0.39, 0.29) is 105 Å². The van der Waals surface area contributed by atoms with Crippen LogP contribution >= 0.6 is 0 Å². The van der Waals surface area contributed by atoms with Crippen LogP contribution in [0.15, 0.2) is 0 Å². The summed E-state index contributed by atoms with van der Waals surface area (Å²) in [6.45, 7) is 77.0. The molecule has 6 unspecified atom stereocenters. The van der Waals surface area contributed by atoms with Crippen molar-refractivity contribution >= 4 is 47.8 Å². The highest BCUT2D eigenvalue weighted by Crippen LogP contribution is 2.24. The monoisotopic (exact) mass is 2130 g/mol. The molecule has 32 heteroatoms. The molecule has 0 aromatic heterocycles. The zero-order valence-electron chi connectivity index (χ0n) is 108. The average Bonchev–Trinajstić information content (AvgIpc) is 0.898. The molecule has 0 spiro atoms. The minimum atomic E-state index is -0.341. The molecule has 896 valence electrons. The maximum Gasteiger partial charge on any atom is 0.311 e. The third-order valence-corrected chi connectivity index (χ3v) is 23.5. The quantitative estimate of drug-likeness (QED) is 0.0310. The molecular weight excluding hydrogens is 1880 g/mol. The molecule has 32 nitrogen and oxygen atoms in total. The fourth-order valence-corrected chi connectivity index (χ4v) is 9.13. The SMILES string of the molecule is CCC(C)(C)C(=O)OCCCN(C)C.CCC(C)(C)C(=O)OCCN(C)C.CCC(C)(C)OC(=O)CCCN(C)C.CCC(C)(C)OC(=O)CCN(C)C.CCC(C)(C)OCCCN(C)C.CCC(C)(C)OCCN(C)C.CCC(C)C(=O)OCCCN(C)C.CCC(C)C(=O)OCCN(C)C.CCC(C)OC(=O)CCCN(C)C.CCC(C)OC(=O)CCN(C)C.CCC(C)OCCCN(C)C.CCC(C)OCCN(C)C. The van der Waals surface area contributed by atoms with E-state index >= 15 is 0 Å². The van der Waals surface area contributed by atoms with Crippen LogP contribution in [0.25, 0.3) is 0 Å². The highest BCUT2D eigenvalue weighted by Gasteiger charge is 2.29. The van der Waals surface area contributed by atoms with E-state index in [2.05, 4.69) is 165 Å². The predicted octanol–water partition coefficient (Wildman–Crippen LogP) is 19.8. The topological polar surface area (TPSA) is 286 Å². The first-order chi connectivity index (χ1) is 68.1. The van der Waals surface area contributed by atoms with Crippen molar-refractivity contribution in [3.05, 3.63) is 0 Å². The number of likely N-dealkylation sites (N-methyl/N-ethyl adjacent to an activating group) is 4. The standard InChI is InChI=1S/2C11H23NO2.4C10H21NO2.C10H23NO.2C9H19NO2.2C9H21NO.C8H19NO/c1-6-11(2,3)10(13)14-9-7-8-12(4)5;1-6-11(2,3)14-10(13)8-7-9-12(4)5;1-6-10(2,3)9(12)13-8-7-11(4)5;1-6-10(2,3)13-9(12)7-8-11(4)5;1-5-9(2)10(12)13-8-6-7-11(3)4;1-5-9(2)13-10(12)7-6-8-11(3)4;1-6-10(2,3)12-9-7-8-11(4)5;1-5-8(2)9(11)12-7-6-10(3)4;1-5-8(2)12-9(11)6-7-10(3)4;1-6-9(2,3)11-8-7-10(4)5;1-5-9(2)11-8-6-7-10(3)4;1-5-8(2)10-7-6-9(3)4/h2*6-9H2,1-5H3;2*6-8H2,1-5H3;2*9H,5-8H2,1-4H3;6-9H2,1-5H3;2*8H,5-7H2,1-4H3;6-8H2,1-5H3;9H,5-8H2,1-4H3;8H,5-7H2,1-4H3. The number of rotatable bonds is 66. The minimum absolute atomic E-state index is 0.0344. The molecule has 148 heavy (non-hydrogen) atoms. The lowest BCUT2D eigenvalue weighted by Crippen LogP contribution is -2.28. The van der Waals surface area contributed by atoms with Gasteiger partial charge in [0.25, 0.3) is 0 Å². The Labute approximate surface area is 916 Å². The maximum atomic E-state index is 11.5. The molecule has 0 heterocycles. The fraction of sp³-hybridized carbons (Fsp3) is 0.931. The van der Waals surface area contributed by atoms with E-state index in [9.17, 15) is 38.4 Å². The summed E-state index contributed by atoms with van der Waals surface area (Å²) in [6.07, 6.45) is 19.9. The Kier molecular flexibility index (Phi) is 121. The summed E-state index contributed by atoms with van der Waals surface area (Å²) in [5.41, 5.74) is -1.19. The first-order valence-electron chi connectivity index (χ1n) is 55.9. The molecule has 0 aliphatic rings. The van der Waals surface area contributed by atoms with E-state index in [1.165, 1.54) is 0 Å². The van der Waals surface area contributed by atoms with Crippen molar-refractivity contribution in [1.29, 1.82) is 0 Å². The Bertz CT molecular complexity index is 2970. The zero-order chi connectivity index (χ0) is 118. The smallest absolute Gasteiger partial charge is 0.311 e. The Balaban J connectivity index is -0.000000136. The van der Waals surface area contributed by atoms with Crippen LogP contribution < -0.4 is 0 Å². The van der Waals surface area contributed by atoms with Gasteiger partial charge < -0.3 is 116 Å². The number of hydrogen-bond acceptors (Lipinski definition) is 32. The summed E-state index contributed by atoms with van der Waals surface area (Å²) in [6, 6.07) is 0. The molecule has 6 atom stereocenters. The summed E-state index contributed by atoms with van der Waals surface area (Å²) < 4.78 is 63.5. The van der Waals surface area contributed by atoms with Gasteiger partial charge in [-0.1, -0.05) is 96.9 Å². The van der Waals surface area contributed by atoms with Gasteiger partial charge in [0.1, 0.15) is 24.4 Å². The Hall–Kier alpha value is -4.88. The van der Waals surface area contributed by atoms with Crippen molar-refractivity contribution in [3.63, 3.8) is 0 Å². The van der Waals surface area contributed by atoms with Gasteiger partial charge in [0, 0.05) is 78.4 Å². The molecule has 0 radical (unpaired) electrons. The molecule has 0 aliphatic heterocycles. The predicted molar refractivity (Wildman–Crippen MR) is 624 cm³/mol. The van der Waals surface area contributed by atoms with Crippen LogP contribution in [0.4, 0.5) is 0 Å². The van der Waals surface area contributed by atoms with Crippen LogP contribution in [-0.2, 0) is 95.2 Å². The lowest BCUT2D eigenvalue weighted by atomic mass is 9.91. The largest absolute Gasteiger partial charge is 0.465 e. The van der Waals surface area contributed by atoms with Crippen LogP contribution in [0.2, 0.25) is 0 Å². The van der Waals surface area contributed by atoms with Crippen molar-refractivity contribution in [3.8, 4) is 0 Å². The summed E-state index contributed by atoms with van der Waals surface area (Å²) in [5, 5.41) is 0. The van der Waals surface area contributed by atoms with Crippen LogP contribution in [-0.4, -0.2) is 454 Å². The van der Waals surface area contributed by atoms with E-state index < -0.39 is 0 Å². The molecule has 0 fully saturated rings. The Morgan fingerprint density at radius 3 is 0.743 bits per heavy atom. The third-order valence-electron chi connectivity index (χ3n) is 23.5. The van der Waals surface area contributed by atoms with Gasteiger partial charge in [-0.25, -0.2) is 0 Å². The molecule has 0 rings (SSSR count). The second kappa shape index (κ2) is 106. The van der Waals surface area contributed by atoms with Gasteiger partial charge in [-0.05, 0) is 422 Å². The summed E-state index contributed by atoms with van der Waals surface area (Å²) in [7, 11) is 48.2. The molecule has 0 amide bonds. The highest BCUT2D eigenvalue weighted by atomic mass is 16.6. The van der Waals surface area contributed by atoms with Crippen molar-refractivity contribution in [1.82, 2.24) is 58.8 Å². The summed E-state index contributed by atoms with van der Waals surface area (Å²) in [5.74, 6) is -0.628. The van der Waals surface area contributed by atoms with Crippen LogP contribution in [0.3, 0.4) is 0 Å². The zero-order valence-corrected chi connectivity index (χ0v) is 108. The molecule has 0 N–H and O–H groups in total. The van der Waals surface area contributed by atoms with Gasteiger partial charge >= 0.3 is 47.8 Å². The van der Waals surface area contributed by atoms with Gasteiger partial charge in [-0.15, -0.1) is 0 Å². The summed E-state index contributed by atoms with van der Waals surface area (Å²) in [4.78, 5) is 115. The molecule has 0 bridgehead atoms. The second-order valence-corrected chi connectivity index (χ2v) is 45.2. The lowest BCUT2D eigenvalue weighted by molar-refractivity contribution is -0.158. The molecule has 0 aromatic rings. The first-order valence-corrected chi connectivity index (χ1v) is 55.9. The van der Waals surface area contributed by atoms with Crippen molar-refractivity contribution in [2.75, 3.05) is 301 Å². The van der Waals surface area contributed by atoms with Gasteiger partial charge in [0.2, 0.25) is 0 Å². The van der Waals surface area contributed by atoms with Crippen molar-refractivity contribution in [2.24, 2.45) is 22.7 Å². The number of ether oxygens (including phenoxy) is 12. The number of hydrogen-bond donors (Lipinski definition) is 0. The maximum absolute atomic E-state index is 11.5. The molecule has 0 saturated heterocycles. The van der Waals surface area contributed by atoms with Crippen LogP contribution in [0, 0.1) is 22.7 Å². The number of carbonyl (C=O) groups is 8. The lowest BCUT2D eigenvalue weighted by Gasteiger charge is -2.24.